The molecular formula is C33H33FN6O2. The Bertz CT molecular complexity index is 1740. The molecule has 4 aromatic rings. The van der Waals surface area contributed by atoms with Crippen molar-refractivity contribution < 1.29 is 14.0 Å². The summed E-state index contributed by atoms with van der Waals surface area (Å²) in [7, 11) is 0. The van der Waals surface area contributed by atoms with Gasteiger partial charge in [-0.2, -0.15) is 5.10 Å². The van der Waals surface area contributed by atoms with Crippen LogP contribution in [0.5, 0.6) is 0 Å². The van der Waals surface area contributed by atoms with Gasteiger partial charge in [0, 0.05) is 47.8 Å². The summed E-state index contributed by atoms with van der Waals surface area (Å²) in [5, 5.41) is 10.7. The van der Waals surface area contributed by atoms with Crippen molar-refractivity contribution in [2.75, 3.05) is 6.54 Å². The molecule has 42 heavy (non-hydrogen) atoms. The Morgan fingerprint density at radius 1 is 1.00 bits per heavy atom. The van der Waals surface area contributed by atoms with Gasteiger partial charge in [0.2, 0.25) is 0 Å². The molecule has 4 aliphatic rings. The van der Waals surface area contributed by atoms with E-state index in [1.807, 2.05) is 29.2 Å². The lowest BCUT2D eigenvalue weighted by Crippen LogP contribution is -2.39. The van der Waals surface area contributed by atoms with Crippen LogP contribution in [-0.4, -0.2) is 50.1 Å². The molecule has 3 aliphatic carbocycles. The molecule has 3 atom stereocenters. The zero-order valence-corrected chi connectivity index (χ0v) is 23.5. The van der Waals surface area contributed by atoms with Gasteiger partial charge >= 0.3 is 6.03 Å². The lowest BCUT2D eigenvalue weighted by molar-refractivity contribution is 0.0671. The van der Waals surface area contributed by atoms with Crippen LogP contribution in [0.25, 0.3) is 16.9 Å². The molecule has 0 radical (unpaired) electrons. The SMILES string of the molecule is C[C@@H]1c2ccccc2CCN1C(=O)c1cc(C2CC2)n2nc(-c3ccc([C@H]4C[C@@H]4NC(=O)NC4CC4)cc3F)cc2n1. The monoisotopic (exact) mass is 564 g/mol. The van der Waals surface area contributed by atoms with E-state index in [-0.39, 0.29) is 35.8 Å². The van der Waals surface area contributed by atoms with Crippen molar-refractivity contribution in [1.82, 2.24) is 30.1 Å². The minimum atomic E-state index is -0.353. The number of halogens is 1. The largest absolute Gasteiger partial charge is 0.335 e. The maximum absolute atomic E-state index is 15.5. The minimum absolute atomic E-state index is 0.0292. The molecule has 2 aromatic carbocycles. The van der Waals surface area contributed by atoms with Crippen molar-refractivity contribution in [3.8, 4) is 11.3 Å². The van der Waals surface area contributed by atoms with Crippen LogP contribution in [0, 0.1) is 5.82 Å². The molecule has 3 heterocycles. The fraction of sp³-hybridized carbons (Fsp3) is 0.394. The molecule has 2 aromatic heterocycles. The number of carbonyl (C=O) groups is 2. The van der Waals surface area contributed by atoms with Gasteiger partial charge in [0.15, 0.2) is 5.65 Å². The number of nitrogens with one attached hydrogen (secondary N) is 2. The van der Waals surface area contributed by atoms with Crippen molar-refractivity contribution >= 4 is 17.6 Å². The number of benzene rings is 2. The molecule has 8 rings (SSSR count). The summed E-state index contributed by atoms with van der Waals surface area (Å²) in [6.45, 7) is 2.72. The summed E-state index contributed by atoms with van der Waals surface area (Å²) in [5.74, 6) is -0.00877. The topological polar surface area (TPSA) is 91.6 Å². The minimum Gasteiger partial charge on any atom is -0.335 e. The molecule has 0 unspecified atom stereocenters. The van der Waals surface area contributed by atoms with Crippen LogP contribution in [0.4, 0.5) is 9.18 Å². The van der Waals surface area contributed by atoms with E-state index >= 15 is 4.39 Å². The Morgan fingerprint density at radius 2 is 1.83 bits per heavy atom. The predicted molar refractivity (Wildman–Crippen MR) is 156 cm³/mol. The van der Waals surface area contributed by atoms with Crippen molar-refractivity contribution in [2.24, 2.45) is 0 Å². The number of nitrogens with zero attached hydrogens (tertiary/aromatic N) is 4. The molecule has 0 spiro atoms. The lowest BCUT2D eigenvalue weighted by atomic mass is 9.93. The van der Waals surface area contributed by atoms with E-state index in [4.69, 9.17) is 10.1 Å². The van der Waals surface area contributed by atoms with Crippen LogP contribution >= 0.6 is 0 Å². The molecular weight excluding hydrogens is 531 g/mol. The third-order valence-electron chi connectivity index (χ3n) is 9.24. The van der Waals surface area contributed by atoms with Gasteiger partial charge in [-0.25, -0.2) is 18.7 Å². The highest BCUT2D eigenvalue weighted by atomic mass is 19.1. The smallest absolute Gasteiger partial charge is 0.315 e. The molecule has 1 aliphatic heterocycles. The van der Waals surface area contributed by atoms with E-state index in [0.717, 1.165) is 49.8 Å². The first-order chi connectivity index (χ1) is 20.4. The highest BCUT2D eigenvalue weighted by Crippen LogP contribution is 2.43. The van der Waals surface area contributed by atoms with Crippen LogP contribution in [-0.2, 0) is 6.42 Å². The number of urea groups is 1. The summed E-state index contributed by atoms with van der Waals surface area (Å²) in [6, 6.07) is 17.4. The summed E-state index contributed by atoms with van der Waals surface area (Å²) in [4.78, 5) is 32.5. The molecule has 2 N–H and O–H groups in total. The average Bonchev–Trinajstić information content (AvgIpc) is 3.88. The Balaban J connectivity index is 1.06. The number of fused-ring (bicyclic) bond motifs is 2. The van der Waals surface area contributed by atoms with Gasteiger partial charge in [0.1, 0.15) is 11.5 Å². The number of rotatable bonds is 6. The highest BCUT2D eigenvalue weighted by Gasteiger charge is 2.40. The first-order valence-corrected chi connectivity index (χ1v) is 15.1. The summed E-state index contributed by atoms with van der Waals surface area (Å²) in [5.41, 5.74) is 6.16. The number of hydrogen-bond acceptors (Lipinski definition) is 4. The van der Waals surface area contributed by atoms with E-state index in [1.54, 1.807) is 22.7 Å². The van der Waals surface area contributed by atoms with Gasteiger partial charge in [-0.15, -0.1) is 0 Å². The Kier molecular flexibility index (Phi) is 5.84. The van der Waals surface area contributed by atoms with Crippen molar-refractivity contribution in [3.63, 3.8) is 0 Å². The molecule has 3 saturated carbocycles. The zero-order chi connectivity index (χ0) is 28.5. The number of carbonyl (C=O) groups excluding carboxylic acids is 2. The van der Waals surface area contributed by atoms with E-state index in [2.05, 4.69) is 29.7 Å². The van der Waals surface area contributed by atoms with Gasteiger partial charge in [-0.05, 0) is 80.3 Å². The average molecular weight is 565 g/mol. The highest BCUT2D eigenvalue weighted by molar-refractivity contribution is 5.93. The molecule has 8 nitrogen and oxygen atoms in total. The maximum atomic E-state index is 15.5. The van der Waals surface area contributed by atoms with Crippen LogP contribution < -0.4 is 10.6 Å². The number of amides is 3. The Labute approximate surface area is 243 Å². The van der Waals surface area contributed by atoms with Crippen molar-refractivity contribution in [2.45, 2.75) is 75.4 Å². The van der Waals surface area contributed by atoms with Crippen LogP contribution in [0.3, 0.4) is 0 Å². The Morgan fingerprint density at radius 3 is 2.62 bits per heavy atom. The molecule has 0 saturated heterocycles. The van der Waals surface area contributed by atoms with Gasteiger partial charge in [0.05, 0.1) is 11.7 Å². The van der Waals surface area contributed by atoms with Gasteiger partial charge in [0.25, 0.3) is 5.91 Å². The van der Waals surface area contributed by atoms with Crippen molar-refractivity contribution in [1.29, 1.82) is 0 Å². The Hall–Kier alpha value is -4.27. The summed E-state index contributed by atoms with van der Waals surface area (Å²) >= 11 is 0. The molecule has 3 fully saturated rings. The second-order valence-corrected chi connectivity index (χ2v) is 12.3. The second-order valence-electron chi connectivity index (χ2n) is 12.3. The van der Waals surface area contributed by atoms with E-state index in [1.165, 1.54) is 11.1 Å². The van der Waals surface area contributed by atoms with E-state index in [0.29, 0.717) is 41.1 Å². The normalized spacial score (nSPS) is 23.0. The molecule has 214 valence electrons. The van der Waals surface area contributed by atoms with Crippen LogP contribution in [0.1, 0.15) is 89.8 Å². The van der Waals surface area contributed by atoms with E-state index < -0.39 is 0 Å². The standard InChI is InChI=1S/C33H33FN6O2/c1-18-23-5-3-2-4-19(23)12-13-39(18)32(41)29-16-30(20-6-7-20)40-31(36-29)17-28(38-40)24-11-8-21(14-26(24)34)25-15-27(25)37-33(42)35-22-9-10-22/h2-5,8,11,14,16-18,20,22,25,27H,6-7,9-10,12-13,15H2,1H3,(H2,35,37,42)/t18-,25-,27+/m1/s1. The van der Waals surface area contributed by atoms with E-state index in [9.17, 15) is 9.59 Å². The van der Waals surface area contributed by atoms with Gasteiger partial charge in [-0.3, -0.25) is 4.79 Å². The molecule has 3 amide bonds. The maximum Gasteiger partial charge on any atom is 0.315 e. The quantitative estimate of drug-likeness (QED) is 0.324. The van der Waals surface area contributed by atoms with Crippen LogP contribution in [0.2, 0.25) is 0 Å². The third kappa shape index (κ3) is 4.61. The fourth-order valence-corrected chi connectivity index (χ4v) is 6.42. The predicted octanol–water partition coefficient (Wildman–Crippen LogP) is 5.49. The first kappa shape index (κ1) is 25.4. The lowest BCUT2D eigenvalue weighted by Gasteiger charge is -2.35. The summed E-state index contributed by atoms with van der Waals surface area (Å²) < 4.78 is 17.3. The van der Waals surface area contributed by atoms with Crippen molar-refractivity contribution in [3.05, 3.63) is 88.5 Å². The third-order valence-corrected chi connectivity index (χ3v) is 9.24. The number of hydrogen-bond donors (Lipinski definition) is 2. The molecule has 0 bridgehead atoms. The van der Waals surface area contributed by atoms with Crippen LogP contribution in [0.15, 0.2) is 54.6 Å². The first-order valence-electron chi connectivity index (χ1n) is 15.1. The van der Waals surface area contributed by atoms with Gasteiger partial charge in [-0.1, -0.05) is 30.3 Å². The second kappa shape index (κ2) is 9.64. The fourth-order valence-electron chi connectivity index (χ4n) is 6.42. The summed E-state index contributed by atoms with van der Waals surface area (Å²) in [6.07, 6.45) is 5.78. The van der Waals surface area contributed by atoms with Gasteiger partial charge < -0.3 is 15.5 Å². The molecule has 9 heteroatoms. The number of aromatic nitrogens is 3. The zero-order valence-electron chi connectivity index (χ0n) is 23.5.